The van der Waals surface area contributed by atoms with Gasteiger partial charge in [0, 0.05) is 49.9 Å². The topological polar surface area (TPSA) is 99.5 Å². The van der Waals surface area contributed by atoms with Crippen LogP contribution in [0.4, 0.5) is 17.6 Å². The Morgan fingerprint density at radius 1 is 1.09 bits per heavy atom. The molecule has 2 saturated heterocycles. The largest absolute Gasteiger partial charge is 0.387 e. The highest BCUT2D eigenvalue weighted by Crippen LogP contribution is 2.30. The summed E-state index contributed by atoms with van der Waals surface area (Å²) in [5, 5.41) is 14.4. The van der Waals surface area contributed by atoms with E-state index in [0.29, 0.717) is 17.7 Å². The van der Waals surface area contributed by atoms with Crippen molar-refractivity contribution in [2.24, 2.45) is 0 Å². The van der Waals surface area contributed by atoms with Gasteiger partial charge in [0.2, 0.25) is 5.95 Å². The fraction of sp³-hybridized carbons (Fsp3) is 0.520. The van der Waals surface area contributed by atoms with Crippen LogP contribution in [0, 0.1) is 0 Å². The fourth-order valence-corrected chi connectivity index (χ4v) is 5.01. The highest BCUT2D eigenvalue weighted by atomic mass is 16.5. The van der Waals surface area contributed by atoms with E-state index in [1.54, 1.807) is 6.92 Å². The van der Waals surface area contributed by atoms with Crippen LogP contribution in [0.3, 0.4) is 0 Å². The first-order valence-electron chi connectivity index (χ1n) is 12.3. The second-order valence-corrected chi connectivity index (χ2v) is 9.56. The van der Waals surface area contributed by atoms with Crippen molar-refractivity contribution in [3.05, 3.63) is 41.3 Å². The number of aliphatic hydroxyl groups excluding tert-OH is 1. The van der Waals surface area contributed by atoms with Crippen LogP contribution in [0.5, 0.6) is 0 Å². The van der Waals surface area contributed by atoms with E-state index in [1.807, 2.05) is 18.3 Å². The summed E-state index contributed by atoms with van der Waals surface area (Å²) in [6.07, 6.45) is 5.62. The number of hydrogen-bond acceptors (Lipinski definition) is 9. The molecule has 6 heterocycles. The van der Waals surface area contributed by atoms with Crippen molar-refractivity contribution >= 4 is 28.5 Å². The highest BCUT2D eigenvalue weighted by Gasteiger charge is 2.29. The third-order valence-electron chi connectivity index (χ3n) is 7.11. The van der Waals surface area contributed by atoms with Crippen LogP contribution in [0.1, 0.15) is 49.2 Å². The first-order valence-corrected chi connectivity index (χ1v) is 12.3. The maximum absolute atomic E-state index is 10.2. The van der Waals surface area contributed by atoms with Crippen molar-refractivity contribution in [3.63, 3.8) is 0 Å². The molecule has 0 radical (unpaired) electrons. The van der Waals surface area contributed by atoms with E-state index in [-0.39, 0.29) is 0 Å². The van der Waals surface area contributed by atoms with E-state index in [0.717, 1.165) is 86.9 Å². The van der Waals surface area contributed by atoms with Gasteiger partial charge < -0.3 is 20.1 Å². The van der Waals surface area contributed by atoms with Crippen LogP contribution in [0.2, 0.25) is 0 Å². The Balaban J connectivity index is 1.28. The average Bonchev–Trinajstić information content (AvgIpc) is 2.83. The van der Waals surface area contributed by atoms with Gasteiger partial charge in [0.05, 0.1) is 31.1 Å². The molecule has 178 valence electrons. The fourth-order valence-electron chi connectivity index (χ4n) is 5.01. The van der Waals surface area contributed by atoms with Crippen LogP contribution in [-0.2, 0) is 17.7 Å². The van der Waals surface area contributed by atoms with E-state index >= 15 is 0 Å². The van der Waals surface area contributed by atoms with Gasteiger partial charge in [0.25, 0.3) is 0 Å². The summed E-state index contributed by atoms with van der Waals surface area (Å²) >= 11 is 0. The molecule has 9 nitrogen and oxygen atoms in total. The molecule has 3 aliphatic heterocycles. The van der Waals surface area contributed by atoms with Gasteiger partial charge in [-0.05, 0) is 43.9 Å². The summed E-state index contributed by atoms with van der Waals surface area (Å²) < 4.78 is 5.36. The summed E-state index contributed by atoms with van der Waals surface area (Å²) in [7, 11) is 0. The number of aliphatic hydroxyl groups is 1. The van der Waals surface area contributed by atoms with Crippen molar-refractivity contribution in [3.8, 4) is 0 Å². The van der Waals surface area contributed by atoms with Crippen LogP contribution in [0.15, 0.2) is 24.4 Å². The minimum Gasteiger partial charge on any atom is -0.387 e. The maximum Gasteiger partial charge on any atom is 0.229 e. The minimum atomic E-state index is -0.641. The van der Waals surface area contributed by atoms with E-state index in [4.69, 9.17) is 19.7 Å². The second-order valence-electron chi connectivity index (χ2n) is 9.56. The first-order chi connectivity index (χ1) is 16.6. The van der Waals surface area contributed by atoms with Crippen molar-refractivity contribution in [2.75, 3.05) is 43.1 Å². The lowest BCUT2D eigenvalue weighted by atomic mass is 10.0. The van der Waals surface area contributed by atoms with Crippen molar-refractivity contribution < 1.29 is 9.84 Å². The molecule has 0 bridgehead atoms. The number of anilines is 3. The third-order valence-corrected chi connectivity index (χ3v) is 7.11. The summed E-state index contributed by atoms with van der Waals surface area (Å²) in [5.41, 5.74) is 3.88. The summed E-state index contributed by atoms with van der Waals surface area (Å²) in [6.45, 7) is 7.28. The molecule has 0 spiro atoms. The van der Waals surface area contributed by atoms with Gasteiger partial charge >= 0.3 is 0 Å². The number of nitrogens with zero attached hydrogens (tertiary/aromatic N) is 6. The van der Waals surface area contributed by atoms with E-state index in [1.165, 1.54) is 12.0 Å². The zero-order valence-corrected chi connectivity index (χ0v) is 19.6. The Kier molecular flexibility index (Phi) is 5.76. The van der Waals surface area contributed by atoms with Gasteiger partial charge in [-0.15, -0.1) is 0 Å². The molecule has 6 rings (SSSR count). The zero-order valence-electron chi connectivity index (χ0n) is 19.6. The number of nitrogens with one attached hydrogen (secondary N) is 1. The lowest BCUT2D eigenvalue weighted by Crippen LogP contribution is -2.50. The second kappa shape index (κ2) is 9.05. The molecule has 3 aromatic heterocycles. The Hall–Kier alpha value is -2.88. The SMILES string of the molecule is CC(O)c1cc2cnc(Nc3ccc4c(n3)CCN(C3COC3)C4)nc2c(N2CCCCC2)n1. The predicted molar refractivity (Wildman–Crippen MR) is 130 cm³/mol. The summed E-state index contributed by atoms with van der Waals surface area (Å²) in [4.78, 5) is 23.8. The molecule has 0 aliphatic carbocycles. The number of piperidine rings is 1. The predicted octanol–water partition coefficient (Wildman–Crippen LogP) is 2.96. The van der Waals surface area contributed by atoms with Crippen molar-refractivity contribution in [1.29, 1.82) is 0 Å². The lowest BCUT2D eigenvalue weighted by Gasteiger charge is -2.39. The smallest absolute Gasteiger partial charge is 0.229 e. The van der Waals surface area contributed by atoms with E-state index in [2.05, 4.69) is 26.2 Å². The number of rotatable bonds is 5. The first kappa shape index (κ1) is 21.6. The molecule has 9 heteroatoms. The minimum absolute atomic E-state index is 0.508. The molecule has 1 unspecified atom stereocenters. The van der Waals surface area contributed by atoms with Crippen LogP contribution >= 0.6 is 0 Å². The number of ether oxygens (including phenoxy) is 1. The van der Waals surface area contributed by atoms with Gasteiger partial charge in [0.15, 0.2) is 5.82 Å². The van der Waals surface area contributed by atoms with Crippen molar-refractivity contribution in [1.82, 2.24) is 24.8 Å². The van der Waals surface area contributed by atoms with Gasteiger partial charge in [-0.1, -0.05) is 6.07 Å². The molecule has 34 heavy (non-hydrogen) atoms. The van der Waals surface area contributed by atoms with Gasteiger partial charge in [-0.2, -0.15) is 0 Å². The maximum atomic E-state index is 10.2. The third kappa shape index (κ3) is 4.19. The monoisotopic (exact) mass is 461 g/mol. The van der Waals surface area contributed by atoms with Gasteiger partial charge in [-0.25, -0.2) is 19.9 Å². The van der Waals surface area contributed by atoms with E-state index in [9.17, 15) is 5.11 Å². The Labute approximate surface area is 199 Å². The Morgan fingerprint density at radius 2 is 1.94 bits per heavy atom. The number of aromatic nitrogens is 4. The molecule has 0 saturated carbocycles. The Bertz CT molecular complexity index is 1190. The molecule has 2 fully saturated rings. The molecule has 0 amide bonds. The van der Waals surface area contributed by atoms with E-state index < -0.39 is 6.10 Å². The van der Waals surface area contributed by atoms with Crippen LogP contribution < -0.4 is 10.2 Å². The standard InChI is InChI=1S/C25H31N7O2/c1-16(33)21-11-18-12-26-25(30-23(18)24(28-21)31-8-3-2-4-9-31)29-22-6-5-17-13-32(19-14-34-15-19)10-7-20(17)27-22/h5-6,11-12,16,19,33H,2-4,7-10,13-15H2,1H3,(H,26,27,29,30). The average molecular weight is 462 g/mol. The summed E-state index contributed by atoms with van der Waals surface area (Å²) in [6, 6.07) is 6.60. The molecule has 1 atom stereocenters. The van der Waals surface area contributed by atoms with Crippen LogP contribution in [0.25, 0.3) is 10.9 Å². The molecular formula is C25H31N7O2. The normalized spacial score (nSPS) is 20.1. The quantitative estimate of drug-likeness (QED) is 0.594. The number of pyridine rings is 2. The lowest BCUT2D eigenvalue weighted by molar-refractivity contribution is -0.0696. The van der Waals surface area contributed by atoms with Gasteiger partial charge in [-0.3, -0.25) is 4.90 Å². The Morgan fingerprint density at radius 3 is 2.71 bits per heavy atom. The molecular weight excluding hydrogens is 430 g/mol. The zero-order chi connectivity index (χ0) is 23.1. The molecule has 3 aromatic rings. The molecule has 0 aromatic carbocycles. The summed E-state index contributed by atoms with van der Waals surface area (Å²) in [5.74, 6) is 2.09. The van der Waals surface area contributed by atoms with Crippen LogP contribution in [-0.4, -0.2) is 68.8 Å². The molecule has 2 N–H and O–H groups in total. The van der Waals surface area contributed by atoms with Crippen molar-refractivity contribution in [2.45, 2.75) is 51.3 Å². The number of fused-ring (bicyclic) bond motifs is 2. The number of hydrogen-bond donors (Lipinski definition) is 2. The molecule has 3 aliphatic rings. The highest BCUT2D eigenvalue weighted by molar-refractivity contribution is 5.89. The van der Waals surface area contributed by atoms with Gasteiger partial charge in [0.1, 0.15) is 11.3 Å².